The highest BCUT2D eigenvalue weighted by atomic mass is 16.5. The summed E-state index contributed by atoms with van der Waals surface area (Å²) in [4.78, 5) is 4.21. The molecule has 4 nitrogen and oxygen atoms in total. The summed E-state index contributed by atoms with van der Waals surface area (Å²) in [5.41, 5.74) is 5.46. The zero-order valence-corrected chi connectivity index (χ0v) is 7.58. The third kappa shape index (κ3) is 2.04. The molecule has 2 N–H and O–H groups in total. The minimum absolute atomic E-state index is 0.170. The average molecular weight is 169 g/mol. The molecule has 68 valence electrons. The number of nitrogens with zero attached hydrogens (tertiary/aromatic N) is 2. The Kier molecular flexibility index (Phi) is 3.22. The second-order valence-corrected chi connectivity index (χ2v) is 2.94. The van der Waals surface area contributed by atoms with Gasteiger partial charge in [0.05, 0.1) is 0 Å². The SMILES string of the molecule is CCCc1noc(C(C)CN)n1. The summed E-state index contributed by atoms with van der Waals surface area (Å²) in [5.74, 6) is 1.61. The number of hydrogen-bond acceptors (Lipinski definition) is 4. The van der Waals surface area contributed by atoms with Gasteiger partial charge in [0.15, 0.2) is 5.82 Å². The maximum absolute atomic E-state index is 5.46. The Labute approximate surface area is 72.1 Å². The van der Waals surface area contributed by atoms with Gasteiger partial charge >= 0.3 is 0 Å². The Morgan fingerprint density at radius 2 is 2.33 bits per heavy atom. The topological polar surface area (TPSA) is 64.9 Å². The van der Waals surface area contributed by atoms with Crippen molar-refractivity contribution in [3.05, 3.63) is 11.7 Å². The van der Waals surface area contributed by atoms with Gasteiger partial charge in [-0.05, 0) is 6.42 Å². The summed E-state index contributed by atoms with van der Waals surface area (Å²) in [7, 11) is 0. The van der Waals surface area contributed by atoms with Gasteiger partial charge in [0.25, 0.3) is 0 Å². The number of aryl methyl sites for hydroxylation is 1. The van der Waals surface area contributed by atoms with Gasteiger partial charge in [-0.25, -0.2) is 0 Å². The van der Waals surface area contributed by atoms with Crippen LogP contribution in [0.1, 0.15) is 37.9 Å². The van der Waals surface area contributed by atoms with E-state index in [0.717, 1.165) is 18.7 Å². The molecule has 0 bridgehead atoms. The molecule has 1 rings (SSSR count). The van der Waals surface area contributed by atoms with E-state index >= 15 is 0 Å². The van der Waals surface area contributed by atoms with E-state index < -0.39 is 0 Å². The Hall–Kier alpha value is -0.900. The van der Waals surface area contributed by atoms with E-state index in [0.29, 0.717) is 12.4 Å². The molecule has 0 saturated heterocycles. The molecule has 4 heteroatoms. The molecular weight excluding hydrogens is 154 g/mol. The number of aromatic nitrogens is 2. The highest BCUT2D eigenvalue weighted by Crippen LogP contribution is 2.10. The summed E-state index contributed by atoms with van der Waals surface area (Å²) < 4.78 is 5.03. The Balaban J connectivity index is 2.63. The van der Waals surface area contributed by atoms with Crippen molar-refractivity contribution in [2.75, 3.05) is 6.54 Å². The zero-order valence-electron chi connectivity index (χ0n) is 7.58. The van der Waals surface area contributed by atoms with Crippen LogP contribution >= 0.6 is 0 Å². The maximum Gasteiger partial charge on any atom is 0.230 e. The van der Waals surface area contributed by atoms with Crippen LogP contribution in [0.2, 0.25) is 0 Å². The van der Waals surface area contributed by atoms with E-state index in [-0.39, 0.29) is 5.92 Å². The van der Waals surface area contributed by atoms with Crippen LogP contribution in [0.3, 0.4) is 0 Å². The van der Waals surface area contributed by atoms with Gasteiger partial charge in [0.2, 0.25) is 5.89 Å². The molecular formula is C8H15N3O. The van der Waals surface area contributed by atoms with Gasteiger partial charge in [0, 0.05) is 18.9 Å². The predicted octanol–water partition coefficient (Wildman–Crippen LogP) is 1.08. The van der Waals surface area contributed by atoms with Crippen molar-refractivity contribution in [3.8, 4) is 0 Å². The number of hydrogen-bond donors (Lipinski definition) is 1. The van der Waals surface area contributed by atoms with Gasteiger partial charge < -0.3 is 10.3 Å². The van der Waals surface area contributed by atoms with Crippen LogP contribution in [-0.4, -0.2) is 16.7 Å². The summed E-state index contributed by atoms with van der Waals surface area (Å²) in [6, 6.07) is 0. The van der Waals surface area contributed by atoms with Crippen molar-refractivity contribution in [1.82, 2.24) is 10.1 Å². The van der Waals surface area contributed by atoms with Crippen molar-refractivity contribution < 1.29 is 4.52 Å². The van der Waals surface area contributed by atoms with Crippen molar-refractivity contribution in [2.24, 2.45) is 5.73 Å². The fourth-order valence-corrected chi connectivity index (χ4v) is 0.894. The van der Waals surface area contributed by atoms with Crippen LogP contribution in [0.5, 0.6) is 0 Å². The van der Waals surface area contributed by atoms with Gasteiger partial charge in [-0.1, -0.05) is 19.0 Å². The predicted molar refractivity (Wildman–Crippen MR) is 45.8 cm³/mol. The van der Waals surface area contributed by atoms with Crippen LogP contribution in [0.15, 0.2) is 4.52 Å². The second-order valence-electron chi connectivity index (χ2n) is 2.94. The zero-order chi connectivity index (χ0) is 8.97. The summed E-state index contributed by atoms with van der Waals surface area (Å²) in [6.45, 7) is 4.61. The maximum atomic E-state index is 5.46. The van der Waals surface area contributed by atoms with Crippen molar-refractivity contribution in [1.29, 1.82) is 0 Å². The largest absolute Gasteiger partial charge is 0.339 e. The first kappa shape index (κ1) is 9.19. The van der Waals surface area contributed by atoms with Crippen molar-refractivity contribution in [3.63, 3.8) is 0 Å². The van der Waals surface area contributed by atoms with Crippen LogP contribution in [0, 0.1) is 0 Å². The lowest BCUT2D eigenvalue weighted by atomic mass is 10.2. The summed E-state index contributed by atoms with van der Waals surface area (Å²) >= 11 is 0. The lowest BCUT2D eigenvalue weighted by Gasteiger charge is -1.98. The van der Waals surface area contributed by atoms with Crippen LogP contribution in [0.4, 0.5) is 0 Å². The Morgan fingerprint density at radius 3 is 2.92 bits per heavy atom. The molecule has 1 aromatic heterocycles. The van der Waals surface area contributed by atoms with E-state index in [4.69, 9.17) is 10.3 Å². The van der Waals surface area contributed by atoms with Gasteiger partial charge in [0.1, 0.15) is 0 Å². The molecule has 0 spiro atoms. The average Bonchev–Trinajstić information content (AvgIpc) is 2.52. The molecule has 0 radical (unpaired) electrons. The molecule has 1 heterocycles. The highest BCUT2D eigenvalue weighted by Gasteiger charge is 2.11. The van der Waals surface area contributed by atoms with Gasteiger partial charge in [-0.3, -0.25) is 0 Å². The molecule has 0 saturated carbocycles. The minimum atomic E-state index is 0.170. The fourth-order valence-electron chi connectivity index (χ4n) is 0.894. The Morgan fingerprint density at radius 1 is 1.58 bits per heavy atom. The molecule has 1 aromatic rings. The van der Waals surface area contributed by atoms with Crippen LogP contribution in [0.25, 0.3) is 0 Å². The van der Waals surface area contributed by atoms with Crippen molar-refractivity contribution in [2.45, 2.75) is 32.6 Å². The fraction of sp³-hybridized carbons (Fsp3) is 0.750. The third-order valence-corrected chi connectivity index (χ3v) is 1.73. The molecule has 0 fully saturated rings. The molecule has 1 atom stereocenters. The van der Waals surface area contributed by atoms with E-state index in [9.17, 15) is 0 Å². The normalized spacial score (nSPS) is 13.2. The first-order valence-corrected chi connectivity index (χ1v) is 4.30. The quantitative estimate of drug-likeness (QED) is 0.732. The lowest BCUT2D eigenvalue weighted by molar-refractivity contribution is 0.356. The van der Waals surface area contributed by atoms with Gasteiger partial charge in [-0.2, -0.15) is 4.98 Å². The van der Waals surface area contributed by atoms with Gasteiger partial charge in [-0.15, -0.1) is 0 Å². The highest BCUT2D eigenvalue weighted by molar-refractivity contribution is 4.92. The molecule has 0 amide bonds. The van der Waals surface area contributed by atoms with Crippen molar-refractivity contribution >= 4 is 0 Å². The molecule has 0 aromatic carbocycles. The minimum Gasteiger partial charge on any atom is -0.339 e. The standard InChI is InChI=1S/C8H15N3O/c1-3-4-7-10-8(12-11-7)6(2)5-9/h6H,3-5,9H2,1-2H3. The first-order valence-electron chi connectivity index (χ1n) is 4.30. The number of nitrogens with two attached hydrogens (primary N) is 1. The summed E-state index contributed by atoms with van der Waals surface area (Å²) in [5, 5.41) is 3.83. The smallest absolute Gasteiger partial charge is 0.230 e. The molecule has 0 aliphatic rings. The van der Waals surface area contributed by atoms with E-state index in [1.165, 1.54) is 0 Å². The first-order chi connectivity index (χ1) is 5.77. The number of rotatable bonds is 4. The second kappa shape index (κ2) is 4.21. The molecule has 0 aliphatic carbocycles. The van der Waals surface area contributed by atoms with E-state index in [2.05, 4.69) is 17.1 Å². The lowest BCUT2D eigenvalue weighted by Crippen LogP contribution is -2.09. The van der Waals surface area contributed by atoms with E-state index in [1.807, 2.05) is 6.92 Å². The van der Waals surface area contributed by atoms with Crippen LogP contribution in [-0.2, 0) is 6.42 Å². The molecule has 0 aliphatic heterocycles. The third-order valence-electron chi connectivity index (χ3n) is 1.73. The monoisotopic (exact) mass is 169 g/mol. The Bertz CT molecular complexity index is 234. The van der Waals surface area contributed by atoms with E-state index in [1.54, 1.807) is 0 Å². The van der Waals surface area contributed by atoms with Crippen LogP contribution < -0.4 is 5.73 Å². The summed E-state index contributed by atoms with van der Waals surface area (Å²) in [6.07, 6.45) is 1.91. The molecule has 12 heavy (non-hydrogen) atoms. The molecule has 1 unspecified atom stereocenters.